The summed E-state index contributed by atoms with van der Waals surface area (Å²) in [6.45, 7) is 0.346. The van der Waals surface area contributed by atoms with E-state index in [0.717, 1.165) is 6.42 Å². The zero-order valence-electron chi connectivity index (χ0n) is 14.0. The Labute approximate surface area is 142 Å². The second kappa shape index (κ2) is 11.4. The van der Waals surface area contributed by atoms with Gasteiger partial charge in [0.15, 0.2) is 0 Å². The van der Waals surface area contributed by atoms with E-state index in [9.17, 15) is 0 Å². The lowest BCUT2D eigenvalue weighted by atomic mass is 10.1. The minimum absolute atomic E-state index is 0.214. The minimum atomic E-state index is -0.214. The van der Waals surface area contributed by atoms with Gasteiger partial charge in [0, 0.05) is 6.61 Å². The molecule has 0 aromatic heterocycles. The van der Waals surface area contributed by atoms with Crippen LogP contribution >= 0.6 is 7.92 Å². The Bertz CT molecular complexity index is 472. The highest BCUT2D eigenvalue weighted by Gasteiger charge is 2.12. The molecule has 0 heterocycles. The third kappa shape index (κ3) is 6.85. The minimum Gasteiger partial charge on any atom is -0.396 e. The van der Waals surface area contributed by atoms with E-state index >= 15 is 0 Å². The summed E-state index contributed by atoms with van der Waals surface area (Å²) < 4.78 is 0. The Morgan fingerprint density at radius 1 is 0.565 bits per heavy atom. The molecule has 2 aromatic rings. The van der Waals surface area contributed by atoms with Crippen LogP contribution in [0.3, 0.4) is 0 Å². The van der Waals surface area contributed by atoms with Crippen molar-refractivity contribution in [2.75, 3.05) is 12.8 Å². The molecular formula is C21H29OP. The first-order valence-electron chi connectivity index (χ1n) is 8.90. The number of hydrogen-bond donors (Lipinski definition) is 1. The molecule has 0 amide bonds. The van der Waals surface area contributed by atoms with Crippen molar-refractivity contribution < 1.29 is 5.11 Å². The lowest BCUT2D eigenvalue weighted by Gasteiger charge is -2.18. The molecule has 2 heteroatoms. The molecule has 0 bridgehead atoms. The number of aliphatic hydroxyl groups is 1. The average Bonchev–Trinajstić information content (AvgIpc) is 2.62. The molecule has 1 N–H and O–H groups in total. The highest BCUT2D eigenvalue weighted by molar-refractivity contribution is 7.73. The molecule has 0 saturated heterocycles. The zero-order valence-corrected chi connectivity index (χ0v) is 14.9. The van der Waals surface area contributed by atoms with Crippen LogP contribution in [0.2, 0.25) is 0 Å². The second-order valence-corrected chi connectivity index (χ2v) is 8.36. The predicted octanol–water partition coefficient (Wildman–Crippen LogP) is 4.84. The third-order valence-electron chi connectivity index (χ3n) is 4.18. The van der Waals surface area contributed by atoms with Crippen LogP contribution in [0.1, 0.15) is 44.9 Å². The summed E-state index contributed by atoms with van der Waals surface area (Å²) in [5.41, 5.74) is 0. The maximum absolute atomic E-state index is 8.79. The predicted molar refractivity (Wildman–Crippen MR) is 103 cm³/mol. The average molecular weight is 328 g/mol. The fourth-order valence-corrected chi connectivity index (χ4v) is 5.31. The number of aliphatic hydroxyl groups excluding tert-OH is 1. The topological polar surface area (TPSA) is 20.2 Å². The van der Waals surface area contributed by atoms with Crippen LogP contribution in [0.4, 0.5) is 0 Å². The van der Waals surface area contributed by atoms with Crippen molar-refractivity contribution in [3.05, 3.63) is 60.7 Å². The molecule has 0 unspecified atom stereocenters. The molecule has 2 aromatic carbocycles. The summed E-state index contributed by atoms with van der Waals surface area (Å²) >= 11 is 0. The third-order valence-corrected chi connectivity index (χ3v) is 6.78. The van der Waals surface area contributed by atoms with Gasteiger partial charge in [-0.2, -0.15) is 0 Å². The maximum atomic E-state index is 8.79. The first-order chi connectivity index (χ1) is 11.4. The fourth-order valence-electron chi connectivity index (χ4n) is 2.89. The van der Waals surface area contributed by atoms with Crippen molar-refractivity contribution in [3.63, 3.8) is 0 Å². The quantitative estimate of drug-likeness (QED) is 0.462. The Balaban J connectivity index is 1.80. The molecule has 1 nitrogen and oxygen atoms in total. The lowest BCUT2D eigenvalue weighted by molar-refractivity contribution is 0.282. The van der Waals surface area contributed by atoms with Crippen molar-refractivity contribution in [1.82, 2.24) is 0 Å². The molecule has 124 valence electrons. The van der Waals surface area contributed by atoms with Crippen molar-refractivity contribution in [1.29, 1.82) is 0 Å². The molecule has 0 aliphatic rings. The maximum Gasteiger partial charge on any atom is 0.0431 e. The van der Waals surface area contributed by atoms with Gasteiger partial charge in [-0.1, -0.05) is 92.8 Å². The van der Waals surface area contributed by atoms with Gasteiger partial charge in [0.1, 0.15) is 0 Å². The molecular weight excluding hydrogens is 299 g/mol. The first kappa shape index (κ1) is 18.2. The number of unbranched alkanes of at least 4 members (excludes halogenated alkanes) is 6. The van der Waals surface area contributed by atoms with E-state index in [0.29, 0.717) is 6.61 Å². The largest absolute Gasteiger partial charge is 0.396 e. The highest BCUT2D eigenvalue weighted by Crippen LogP contribution is 2.34. The summed E-state index contributed by atoms with van der Waals surface area (Å²) in [4.78, 5) is 0. The molecule has 0 aliphatic carbocycles. The van der Waals surface area contributed by atoms with Crippen molar-refractivity contribution in [2.24, 2.45) is 0 Å². The van der Waals surface area contributed by atoms with Gasteiger partial charge in [-0.15, -0.1) is 0 Å². The van der Waals surface area contributed by atoms with Gasteiger partial charge >= 0.3 is 0 Å². The van der Waals surface area contributed by atoms with Gasteiger partial charge in [0.05, 0.1) is 0 Å². The summed E-state index contributed by atoms with van der Waals surface area (Å²) in [5, 5.41) is 11.8. The molecule has 0 aliphatic heterocycles. The number of benzene rings is 2. The fraction of sp³-hybridized carbons (Fsp3) is 0.429. The van der Waals surface area contributed by atoms with Gasteiger partial charge in [-0.3, -0.25) is 0 Å². The van der Waals surface area contributed by atoms with Crippen LogP contribution < -0.4 is 10.6 Å². The highest BCUT2D eigenvalue weighted by atomic mass is 31.1. The van der Waals surface area contributed by atoms with E-state index < -0.39 is 0 Å². The molecule has 0 fully saturated rings. The van der Waals surface area contributed by atoms with Gasteiger partial charge in [-0.05, 0) is 37.5 Å². The summed E-state index contributed by atoms with van der Waals surface area (Å²) in [6.07, 6.45) is 10.00. The molecule has 2 rings (SSSR count). The van der Waals surface area contributed by atoms with Crippen LogP contribution in [-0.4, -0.2) is 17.9 Å². The van der Waals surface area contributed by atoms with E-state index in [1.165, 1.54) is 55.3 Å². The Morgan fingerprint density at radius 2 is 1.00 bits per heavy atom. The first-order valence-corrected chi connectivity index (χ1v) is 10.4. The second-order valence-electron chi connectivity index (χ2n) is 6.02. The normalized spacial score (nSPS) is 11.0. The Kier molecular flexibility index (Phi) is 8.99. The Morgan fingerprint density at radius 3 is 1.48 bits per heavy atom. The van der Waals surface area contributed by atoms with E-state index in [4.69, 9.17) is 5.11 Å². The van der Waals surface area contributed by atoms with Crippen LogP contribution in [0.15, 0.2) is 60.7 Å². The summed E-state index contributed by atoms with van der Waals surface area (Å²) in [5.74, 6) is 0. The van der Waals surface area contributed by atoms with Crippen LogP contribution in [0.25, 0.3) is 0 Å². The van der Waals surface area contributed by atoms with Crippen molar-refractivity contribution in [2.45, 2.75) is 44.9 Å². The van der Waals surface area contributed by atoms with E-state index in [2.05, 4.69) is 60.7 Å². The van der Waals surface area contributed by atoms with Crippen LogP contribution in [0.5, 0.6) is 0 Å². The molecule has 0 atom stereocenters. The molecule has 0 radical (unpaired) electrons. The molecule has 0 saturated carbocycles. The van der Waals surface area contributed by atoms with Crippen LogP contribution in [-0.2, 0) is 0 Å². The van der Waals surface area contributed by atoms with Crippen molar-refractivity contribution >= 4 is 18.5 Å². The molecule has 0 spiro atoms. The Hall–Kier alpha value is -1.17. The zero-order chi connectivity index (χ0) is 16.2. The lowest BCUT2D eigenvalue weighted by Crippen LogP contribution is -2.13. The van der Waals surface area contributed by atoms with Gasteiger partial charge in [0.2, 0.25) is 0 Å². The number of rotatable bonds is 11. The smallest absolute Gasteiger partial charge is 0.0431 e. The van der Waals surface area contributed by atoms with E-state index in [-0.39, 0.29) is 7.92 Å². The van der Waals surface area contributed by atoms with E-state index in [1.807, 2.05) is 0 Å². The SMILES string of the molecule is OCCCCCCCCCP(c1ccccc1)c1ccccc1. The summed E-state index contributed by atoms with van der Waals surface area (Å²) in [6, 6.07) is 22.0. The van der Waals surface area contributed by atoms with E-state index in [1.54, 1.807) is 0 Å². The standard InChI is InChI=1S/C21H29OP/c22-18-12-4-2-1-3-5-13-19-23(20-14-8-6-9-15-20)21-16-10-7-11-17-21/h6-11,14-17,22H,1-5,12-13,18-19H2. The van der Waals surface area contributed by atoms with Gasteiger partial charge < -0.3 is 5.11 Å². The van der Waals surface area contributed by atoms with Gasteiger partial charge in [0.25, 0.3) is 0 Å². The molecule has 23 heavy (non-hydrogen) atoms. The van der Waals surface area contributed by atoms with Gasteiger partial charge in [-0.25, -0.2) is 0 Å². The summed E-state index contributed by atoms with van der Waals surface area (Å²) in [7, 11) is -0.214. The van der Waals surface area contributed by atoms with Crippen molar-refractivity contribution in [3.8, 4) is 0 Å². The van der Waals surface area contributed by atoms with Crippen LogP contribution in [0, 0.1) is 0 Å². The number of hydrogen-bond acceptors (Lipinski definition) is 1. The monoisotopic (exact) mass is 328 g/mol.